The fourth-order valence-electron chi connectivity index (χ4n) is 3.97. The molecule has 7 nitrogen and oxygen atoms in total. The average molecular weight is 477 g/mol. The highest BCUT2D eigenvalue weighted by Gasteiger charge is 2.36. The fourth-order valence-corrected chi connectivity index (χ4v) is 5.49. The highest BCUT2D eigenvalue weighted by molar-refractivity contribution is 7.93. The highest BCUT2D eigenvalue weighted by atomic mass is 32.2. The molecule has 1 heterocycles. The maximum atomic E-state index is 13.5. The van der Waals surface area contributed by atoms with Crippen LogP contribution in [0.2, 0.25) is 0 Å². The van der Waals surface area contributed by atoms with Crippen LogP contribution in [0.25, 0.3) is 0 Å². The maximum Gasteiger partial charge on any atom is 0.270 e. The number of benzene rings is 3. The van der Waals surface area contributed by atoms with E-state index in [1.54, 1.807) is 61.5 Å². The molecule has 3 amide bonds. The lowest BCUT2D eigenvalue weighted by Gasteiger charge is -2.25. The minimum atomic E-state index is -4.17. The third-order valence-corrected chi connectivity index (χ3v) is 7.49. The van der Waals surface area contributed by atoms with E-state index in [9.17, 15) is 22.8 Å². The maximum absolute atomic E-state index is 13.5. The molecule has 0 fully saturated rings. The van der Waals surface area contributed by atoms with Crippen LogP contribution in [0.1, 0.15) is 44.7 Å². The average Bonchev–Trinajstić information content (AvgIpc) is 3.07. The van der Waals surface area contributed by atoms with Gasteiger partial charge in [-0.25, -0.2) is 12.7 Å². The Morgan fingerprint density at radius 3 is 2.06 bits per heavy atom. The summed E-state index contributed by atoms with van der Waals surface area (Å²) in [4.78, 5) is 39.6. The molecule has 3 aromatic rings. The van der Waals surface area contributed by atoms with E-state index in [1.807, 2.05) is 13.0 Å². The Hall–Kier alpha value is -3.78. The fraction of sp³-hybridized carbons (Fsp3) is 0.192. The first-order chi connectivity index (χ1) is 16.2. The number of rotatable bonds is 7. The predicted molar refractivity (Wildman–Crippen MR) is 128 cm³/mol. The molecule has 0 atom stereocenters. The van der Waals surface area contributed by atoms with Gasteiger partial charge in [-0.1, -0.05) is 42.5 Å². The molecule has 3 aromatic carbocycles. The first-order valence-electron chi connectivity index (χ1n) is 10.9. The standard InChI is InChI=1S/C26H24N2O5S/c1-18-14-15-19(2)23(17-18)28(34(32,33)20-9-4-3-5-10-20)24(29)13-8-16-27-25(30)21-11-6-7-12-22(21)26(27)31/h3-7,9-12,14-15,17H,8,13,16H2,1-2H3. The van der Waals surface area contributed by atoms with Crippen LogP contribution in [0.3, 0.4) is 0 Å². The molecule has 0 aromatic heterocycles. The minimum absolute atomic E-state index is 0.00426. The molecular formula is C26H24N2O5S. The van der Waals surface area contributed by atoms with Gasteiger partial charge in [0.15, 0.2) is 0 Å². The van der Waals surface area contributed by atoms with Gasteiger partial charge in [-0.15, -0.1) is 0 Å². The summed E-state index contributed by atoms with van der Waals surface area (Å²) in [6, 6.07) is 19.6. The van der Waals surface area contributed by atoms with Crippen molar-refractivity contribution in [1.82, 2.24) is 4.90 Å². The molecule has 4 rings (SSSR count). The number of nitrogens with zero attached hydrogens (tertiary/aromatic N) is 2. The summed E-state index contributed by atoms with van der Waals surface area (Å²) in [6.45, 7) is 3.58. The van der Waals surface area contributed by atoms with Gasteiger partial charge in [0, 0.05) is 13.0 Å². The van der Waals surface area contributed by atoms with Crippen molar-refractivity contribution in [3.63, 3.8) is 0 Å². The van der Waals surface area contributed by atoms with Crippen molar-refractivity contribution in [3.05, 3.63) is 95.1 Å². The van der Waals surface area contributed by atoms with E-state index in [1.165, 1.54) is 12.1 Å². The number of carbonyl (C=O) groups is 3. The summed E-state index contributed by atoms with van der Waals surface area (Å²) in [5, 5.41) is 0. The van der Waals surface area contributed by atoms with E-state index in [4.69, 9.17) is 0 Å². The number of fused-ring (bicyclic) bond motifs is 1. The summed E-state index contributed by atoms with van der Waals surface area (Å²) in [7, 11) is -4.17. The monoisotopic (exact) mass is 476 g/mol. The summed E-state index contributed by atoms with van der Waals surface area (Å²) in [6.07, 6.45) is -0.0250. The van der Waals surface area contributed by atoms with Crippen LogP contribution < -0.4 is 4.31 Å². The van der Waals surface area contributed by atoms with Crippen LogP contribution in [-0.2, 0) is 14.8 Å². The van der Waals surface area contributed by atoms with Gasteiger partial charge in [-0.2, -0.15) is 0 Å². The molecular weight excluding hydrogens is 452 g/mol. The summed E-state index contributed by atoms with van der Waals surface area (Å²) in [5.74, 6) is -1.44. The Morgan fingerprint density at radius 2 is 1.44 bits per heavy atom. The lowest BCUT2D eigenvalue weighted by Crippen LogP contribution is -2.38. The minimum Gasteiger partial charge on any atom is -0.274 e. The summed E-state index contributed by atoms with van der Waals surface area (Å²) < 4.78 is 27.8. The molecule has 34 heavy (non-hydrogen) atoms. The lowest BCUT2D eigenvalue weighted by atomic mass is 10.1. The number of hydrogen-bond donors (Lipinski definition) is 0. The second-order valence-electron chi connectivity index (χ2n) is 8.18. The van der Waals surface area contributed by atoms with Crippen molar-refractivity contribution in [3.8, 4) is 0 Å². The zero-order valence-corrected chi connectivity index (χ0v) is 19.7. The highest BCUT2D eigenvalue weighted by Crippen LogP contribution is 2.29. The Morgan fingerprint density at radius 1 is 0.853 bits per heavy atom. The van der Waals surface area contributed by atoms with Crippen LogP contribution in [0.5, 0.6) is 0 Å². The van der Waals surface area contributed by atoms with Crippen molar-refractivity contribution in [2.75, 3.05) is 10.8 Å². The Balaban J connectivity index is 1.58. The molecule has 0 bridgehead atoms. The van der Waals surface area contributed by atoms with Crippen molar-refractivity contribution in [2.24, 2.45) is 0 Å². The number of amides is 3. The van der Waals surface area contributed by atoms with Gasteiger partial charge in [0.05, 0.1) is 21.7 Å². The third-order valence-electron chi connectivity index (χ3n) is 5.74. The van der Waals surface area contributed by atoms with Gasteiger partial charge >= 0.3 is 0 Å². The van der Waals surface area contributed by atoms with E-state index in [0.717, 1.165) is 14.8 Å². The molecule has 174 valence electrons. The smallest absolute Gasteiger partial charge is 0.270 e. The molecule has 0 unspecified atom stereocenters. The molecule has 8 heteroatoms. The van der Waals surface area contributed by atoms with E-state index in [2.05, 4.69) is 0 Å². The zero-order chi connectivity index (χ0) is 24.5. The Bertz CT molecular complexity index is 1350. The van der Waals surface area contributed by atoms with E-state index in [0.29, 0.717) is 16.7 Å². The largest absolute Gasteiger partial charge is 0.274 e. The number of carbonyl (C=O) groups excluding carboxylic acids is 3. The molecule has 1 aliphatic rings. The van der Waals surface area contributed by atoms with Crippen LogP contribution in [0, 0.1) is 13.8 Å². The first-order valence-corrected chi connectivity index (χ1v) is 12.3. The van der Waals surface area contributed by atoms with Gasteiger partial charge in [-0.05, 0) is 61.7 Å². The predicted octanol–water partition coefficient (Wildman–Crippen LogP) is 4.10. The third kappa shape index (κ3) is 4.24. The van der Waals surface area contributed by atoms with E-state index in [-0.39, 0.29) is 30.0 Å². The van der Waals surface area contributed by atoms with Crippen molar-refractivity contribution >= 4 is 33.4 Å². The van der Waals surface area contributed by atoms with Gasteiger partial charge < -0.3 is 0 Å². The van der Waals surface area contributed by atoms with E-state index >= 15 is 0 Å². The van der Waals surface area contributed by atoms with Gasteiger partial charge in [0.1, 0.15) is 0 Å². The molecule has 0 radical (unpaired) electrons. The number of anilines is 1. The summed E-state index contributed by atoms with van der Waals surface area (Å²) in [5.41, 5.74) is 2.41. The molecule has 0 aliphatic carbocycles. The van der Waals surface area contributed by atoms with Gasteiger partial charge in [0.25, 0.3) is 21.8 Å². The number of aryl methyl sites for hydroxylation is 2. The molecule has 1 aliphatic heterocycles. The molecule has 0 saturated heterocycles. The second kappa shape index (κ2) is 9.23. The second-order valence-corrected chi connectivity index (χ2v) is 9.96. The zero-order valence-electron chi connectivity index (χ0n) is 18.9. The van der Waals surface area contributed by atoms with Crippen LogP contribution >= 0.6 is 0 Å². The quantitative estimate of drug-likeness (QED) is 0.479. The van der Waals surface area contributed by atoms with Crippen LogP contribution in [0.15, 0.2) is 77.7 Å². The number of sulfonamides is 1. The van der Waals surface area contributed by atoms with Gasteiger partial charge in [-0.3, -0.25) is 19.3 Å². The molecule has 0 spiro atoms. The Labute approximate surface area is 198 Å². The SMILES string of the molecule is Cc1ccc(C)c(N(C(=O)CCCN2C(=O)c3ccccc3C2=O)S(=O)(=O)c2ccccc2)c1. The molecule has 0 N–H and O–H groups in total. The Kier molecular flexibility index (Phi) is 6.34. The summed E-state index contributed by atoms with van der Waals surface area (Å²) >= 11 is 0. The van der Waals surface area contributed by atoms with Crippen molar-refractivity contribution in [1.29, 1.82) is 0 Å². The van der Waals surface area contributed by atoms with Crippen LogP contribution in [-0.4, -0.2) is 37.6 Å². The first kappa shape index (κ1) is 23.4. The molecule has 0 saturated carbocycles. The van der Waals surface area contributed by atoms with Crippen molar-refractivity contribution in [2.45, 2.75) is 31.6 Å². The number of imide groups is 1. The van der Waals surface area contributed by atoms with Crippen molar-refractivity contribution < 1.29 is 22.8 Å². The number of hydrogen-bond acceptors (Lipinski definition) is 5. The van der Waals surface area contributed by atoms with Gasteiger partial charge in [0.2, 0.25) is 5.91 Å². The van der Waals surface area contributed by atoms with Crippen LogP contribution in [0.4, 0.5) is 5.69 Å². The lowest BCUT2D eigenvalue weighted by molar-refractivity contribution is -0.117. The topological polar surface area (TPSA) is 91.8 Å². The van der Waals surface area contributed by atoms with E-state index < -0.39 is 27.7 Å². The normalized spacial score (nSPS) is 13.2.